The van der Waals surface area contributed by atoms with Crippen LogP contribution in [-0.2, 0) is 0 Å². The van der Waals surface area contributed by atoms with Crippen molar-refractivity contribution in [3.8, 4) is 5.75 Å². The minimum atomic E-state index is -0.374. The summed E-state index contributed by atoms with van der Waals surface area (Å²) in [5.74, 6) is -0.241. The van der Waals surface area contributed by atoms with E-state index in [1.54, 1.807) is 30.3 Å². The maximum atomic E-state index is 11.8. The molecule has 0 aliphatic rings. The smallest absolute Gasteiger partial charge is 0.273 e. The van der Waals surface area contributed by atoms with Gasteiger partial charge in [0.05, 0.1) is 23.7 Å². The number of carbonyl (C=O) groups is 1. The lowest BCUT2D eigenvalue weighted by Crippen LogP contribution is -2.20. The maximum Gasteiger partial charge on any atom is 0.273 e. The summed E-state index contributed by atoms with van der Waals surface area (Å²) in [5.41, 5.74) is 4.01. The number of aromatic hydroxyl groups is 1. The van der Waals surface area contributed by atoms with E-state index in [2.05, 4.69) is 20.7 Å². The summed E-state index contributed by atoms with van der Waals surface area (Å²) in [6, 6.07) is 8.40. The van der Waals surface area contributed by atoms with Gasteiger partial charge in [0.1, 0.15) is 5.75 Å². The number of carbonyl (C=O) groups excluding carboxylic acids is 1. The number of hydrazone groups is 1. The largest absolute Gasteiger partial charge is 0.507 e. The molecule has 0 saturated heterocycles. The first-order chi connectivity index (χ1) is 9.72. The lowest BCUT2D eigenvalue weighted by atomic mass is 10.1. The predicted molar refractivity (Wildman–Crippen MR) is 74.4 cm³/mol. The van der Waals surface area contributed by atoms with Crippen LogP contribution in [0.15, 0.2) is 47.8 Å². The number of phenolic OH excluding ortho intramolecular Hbond substituents is 1. The average molecular weight is 270 g/mol. The standard InChI is InChI=1S/C14H14N4O2/c1-2-12(11-5-3-4-6-13(11)19)17-18-14(20)10-7-8-15-16-9-10/h3-9,19H,2H2,1H3,(H,18,20)/b17-12+. The number of amides is 1. The normalized spacial score (nSPS) is 11.2. The van der Waals surface area contributed by atoms with Gasteiger partial charge >= 0.3 is 0 Å². The van der Waals surface area contributed by atoms with E-state index in [4.69, 9.17) is 0 Å². The van der Waals surface area contributed by atoms with E-state index in [0.717, 1.165) is 0 Å². The number of aromatic nitrogens is 2. The van der Waals surface area contributed by atoms with Crippen molar-refractivity contribution in [2.24, 2.45) is 5.10 Å². The summed E-state index contributed by atoms with van der Waals surface area (Å²) < 4.78 is 0. The number of nitrogens with zero attached hydrogens (tertiary/aromatic N) is 3. The Labute approximate surface area is 116 Å². The van der Waals surface area contributed by atoms with Crippen LogP contribution in [0.4, 0.5) is 0 Å². The molecular formula is C14H14N4O2. The molecule has 20 heavy (non-hydrogen) atoms. The molecule has 0 bridgehead atoms. The van der Waals surface area contributed by atoms with Crippen LogP contribution in [0.2, 0.25) is 0 Å². The third-order valence-corrected chi connectivity index (χ3v) is 2.69. The van der Waals surface area contributed by atoms with Gasteiger partial charge in [-0.25, -0.2) is 5.43 Å². The average Bonchev–Trinajstić information content (AvgIpc) is 2.50. The van der Waals surface area contributed by atoms with Gasteiger partial charge in [-0.2, -0.15) is 15.3 Å². The number of rotatable bonds is 4. The van der Waals surface area contributed by atoms with E-state index in [1.165, 1.54) is 12.4 Å². The molecule has 0 aliphatic heterocycles. The zero-order chi connectivity index (χ0) is 14.4. The fourth-order valence-corrected chi connectivity index (χ4v) is 1.66. The van der Waals surface area contributed by atoms with Crippen LogP contribution >= 0.6 is 0 Å². The number of hydrogen-bond donors (Lipinski definition) is 2. The third-order valence-electron chi connectivity index (χ3n) is 2.69. The van der Waals surface area contributed by atoms with Crippen molar-refractivity contribution in [1.29, 1.82) is 0 Å². The number of benzene rings is 1. The molecule has 0 saturated carbocycles. The van der Waals surface area contributed by atoms with Crippen LogP contribution in [0.5, 0.6) is 5.75 Å². The topological polar surface area (TPSA) is 87.5 Å². The van der Waals surface area contributed by atoms with Gasteiger partial charge in [0.15, 0.2) is 0 Å². The number of hydrogen-bond acceptors (Lipinski definition) is 5. The zero-order valence-electron chi connectivity index (χ0n) is 10.9. The molecule has 1 aromatic carbocycles. The summed E-state index contributed by atoms with van der Waals surface area (Å²) in [6.07, 6.45) is 3.37. The Morgan fingerprint density at radius 3 is 2.75 bits per heavy atom. The third kappa shape index (κ3) is 3.17. The van der Waals surface area contributed by atoms with Crippen LogP contribution in [0.3, 0.4) is 0 Å². The quantitative estimate of drug-likeness (QED) is 0.654. The molecule has 0 spiro atoms. The second kappa shape index (κ2) is 6.42. The number of para-hydroxylation sites is 1. The second-order valence-corrected chi connectivity index (χ2v) is 4.00. The molecule has 0 atom stereocenters. The number of phenols is 1. The molecule has 2 aromatic rings. The van der Waals surface area contributed by atoms with Crippen LogP contribution < -0.4 is 5.43 Å². The first kappa shape index (κ1) is 13.7. The van der Waals surface area contributed by atoms with Gasteiger partial charge in [-0.1, -0.05) is 19.1 Å². The molecule has 6 nitrogen and oxygen atoms in total. The monoisotopic (exact) mass is 270 g/mol. The fourth-order valence-electron chi connectivity index (χ4n) is 1.66. The Balaban J connectivity index is 2.17. The highest BCUT2D eigenvalue weighted by atomic mass is 16.3. The van der Waals surface area contributed by atoms with Gasteiger partial charge in [0, 0.05) is 5.56 Å². The van der Waals surface area contributed by atoms with Gasteiger partial charge in [-0.3, -0.25) is 4.79 Å². The van der Waals surface area contributed by atoms with E-state index >= 15 is 0 Å². The Morgan fingerprint density at radius 2 is 2.10 bits per heavy atom. The van der Waals surface area contributed by atoms with E-state index in [9.17, 15) is 9.90 Å². The summed E-state index contributed by atoms with van der Waals surface area (Å²) in [7, 11) is 0. The molecule has 2 N–H and O–H groups in total. The molecule has 102 valence electrons. The minimum absolute atomic E-state index is 0.132. The van der Waals surface area contributed by atoms with Crippen molar-refractivity contribution < 1.29 is 9.90 Å². The molecule has 0 fully saturated rings. The minimum Gasteiger partial charge on any atom is -0.507 e. The van der Waals surface area contributed by atoms with Crippen molar-refractivity contribution in [2.45, 2.75) is 13.3 Å². The van der Waals surface area contributed by atoms with Gasteiger partial charge < -0.3 is 5.11 Å². The van der Waals surface area contributed by atoms with E-state index < -0.39 is 0 Å². The molecule has 0 radical (unpaired) electrons. The van der Waals surface area contributed by atoms with Crippen molar-refractivity contribution in [1.82, 2.24) is 15.6 Å². The van der Waals surface area contributed by atoms with E-state index in [0.29, 0.717) is 23.3 Å². The molecule has 1 amide bonds. The predicted octanol–water partition coefficient (Wildman–Crippen LogP) is 1.73. The van der Waals surface area contributed by atoms with E-state index in [1.807, 2.05) is 6.92 Å². The lowest BCUT2D eigenvalue weighted by Gasteiger charge is -2.06. The lowest BCUT2D eigenvalue weighted by molar-refractivity contribution is 0.0954. The zero-order valence-corrected chi connectivity index (χ0v) is 10.9. The summed E-state index contributed by atoms with van der Waals surface area (Å²) in [4.78, 5) is 11.8. The summed E-state index contributed by atoms with van der Waals surface area (Å²) in [5, 5.41) is 21.1. The van der Waals surface area contributed by atoms with Gasteiger partial charge in [0.2, 0.25) is 0 Å². The highest BCUT2D eigenvalue weighted by Crippen LogP contribution is 2.17. The van der Waals surface area contributed by atoms with Gasteiger partial charge in [0.25, 0.3) is 5.91 Å². The molecule has 2 rings (SSSR count). The van der Waals surface area contributed by atoms with Crippen molar-refractivity contribution >= 4 is 11.6 Å². The second-order valence-electron chi connectivity index (χ2n) is 4.00. The molecule has 1 aromatic heterocycles. The Bertz CT molecular complexity index is 626. The Hall–Kier alpha value is -2.76. The molecule has 6 heteroatoms. The van der Waals surface area contributed by atoms with Crippen LogP contribution in [0.25, 0.3) is 0 Å². The van der Waals surface area contributed by atoms with Crippen LogP contribution in [0, 0.1) is 0 Å². The van der Waals surface area contributed by atoms with Crippen LogP contribution in [0.1, 0.15) is 29.3 Å². The van der Waals surface area contributed by atoms with Crippen molar-refractivity contribution in [3.05, 3.63) is 53.9 Å². The van der Waals surface area contributed by atoms with Gasteiger partial charge in [-0.05, 0) is 24.6 Å². The first-order valence-electron chi connectivity index (χ1n) is 6.14. The first-order valence-corrected chi connectivity index (χ1v) is 6.14. The fraction of sp³-hybridized carbons (Fsp3) is 0.143. The Morgan fingerprint density at radius 1 is 1.30 bits per heavy atom. The molecule has 0 aliphatic carbocycles. The summed E-state index contributed by atoms with van der Waals surface area (Å²) >= 11 is 0. The molecule has 1 heterocycles. The molecular weight excluding hydrogens is 256 g/mol. The van der Waals surface area contributed by atoms with Gasteiger partial charge in [-0.15, -0.1) is 0 Å². The van der Waals surface area contributed by atoms with Crippen molar-refractivity contribution in [2.75, 3.05) is 0 Å². The van der Waals surface area contributed by atoms with Crippen LogP contribution in [-0.4, -0.2) is 26.9 Å². The Kier molecular flexibility index (Phi) is 4.39. The van der Waals surface area contributed by atoms with E-state index in [-0.39, 0.29) is 11.7 Å². The maximum absolute atomic E-state index is 11.8. The SMILES string of the molecule is CC/C(=N\NC(=O)c1ccnnc1)c1ccccc1O. The highest BCUT2D eigenvalue weighted by Gasteiger charge is 2.08. The molecule has 0 unspecified atom stereocenters. The summed E-state index contributed by atoms with van der Waals surface area (Å²) in [6.45, 7) is 1.89. The van der Waals surface area contributed by atoms with Crippen molar-refractivity contribution in [3.63, 3.8) is 0 Å². The number of nitrogens with one attached hydrogen (secondary N) is 1. The highest BCUT2D eigenvalue weighted by molar-refractivity contribution is 6.03.